The van der Waals surface area contributed by atoms with Crippen molar-refractivity contribution in [2.75, 3.05) is 0 Å². The Morgan fingerprint density at radius 1 is 1.64 bits per heavy atom. The molecule has 0 bridgehead atoms. The Labute approximate surface area is 81.5 Å². The van der Waals surface area contributed by atoms with Crippen molar-refractivity contribution in [1.29, 1.82) is 5.26 Å². The Kier molecular flexibility index (Phi) is 3.03. The van der Waals surface area contributed by atoms with Crippen molar-refractivity contribution < 1.29 is 0 Å². The van der Waals surface area contributed by atoms with Crippen LogP contribution in [-0.4, -0.2) is 4.98 Å². The minimum Gasteiger partial charge on any atom is -0.244 e. The molecule has 0 aliphatic carbocycles. The van der Waals surface area contributed by atoms with Crippen LogP contribution in [-0.2, 0) is 5.33 Å². The lowest BCUT2D eigenvalue weighted by Crippen LogP contribution is -1.89. The van der Waals surface area contributed by atoms with Gasteiger partial charge in [0.05, 0.1) is 0 Å². The van der Waals surface area contributed by atoms with E-state index >= 15 is 0 Å². The first-order valence-electron chi connectivity index (χ1n) is 2.88. The van der Waals surface area contributed by atoms with Crippen LogP contribution in [0, 0.1) is 11.3 Å². The molecule has 0 unspecified atom stereocenters. The van der Waals surface area contributed by atoms with Crippen LogP contribution >= 0.6 is 31.9 Å². The average molecular weight is 276 g/mol. The maximum Gasteiger partial charge on any atom is 0.144 e. The molecule has 0 spiro atoms. The molecular weight excluding hydrogens is 272 g/mol. The maximum absolute atomic E-state index is 8.59. The summed E-state index contributed by atoms with van der Waals surface area (Å²) in [6, 6.07) is 3.89. The minimum atomic E-state index is 0.477. The molecule has 0 saturated heterocycles. The fourth-order valence-electron chi connectivity index (χ4n) is 0.684. The molecule has 11 heavy (non-hydrogen) atoms. The van der Waals surface area contributed by atoms with Gasteiger partial charge < -0.3 is 0 Å². The number of pyridine rings is 1. The number of rotatable bonds is 1. The first-order valence-corrected chi connectivity index (χ1v) is 4.80. The van der Waals surface area contributed by atoms with Gasteiger partial charge in [0, 0.05) is 21.6 Å². The lowest BCUT2D eigenvalue weighted by atomic mass is 10.2. The molecule has 56 valence electrons. The molecule has 2 nitrogen and oxygen atoms in total. The van der Waals surface area contributed by atoms with E-state index in [1.807, 2.05) is 12.1 Å². The van der Waals surface area contributed by atoms with E-state index in [1.54, 1.807) is 6.20 Å². The van der Waals surface area contributed by atoms with Gasteiger partial charge in [-0.2, -0.15) is 5.26 Å². The highest BCUT2D eigenvalue weighted by molar-refractivity contribution is 9.10. The van der Waals surface area contributed by atoms with Crippen molar-refractivity contribution in [1.82, 2.24) is 4.98 Å². The summed E-state index contributed by atoms with van der Waals surface area (Å²) >= 11 is 6.54. The Bertz CT molecular complexity index is 304. The first-order chi connectivity index (χ1) is 5.27. The quantitative estimate of drug-likeness (QED) is 0.739. The van der Waals surface area contributed by atoms with E-state index < -0.39 is 0 Å². The van der Waals surface area contributed by atoms with Crippen LogP contribution in [0.2, 0.25) is 0 Å². The molecule has 0 aliphatic rings. The van der Waals surface area contributed by atoms with E-state index in [0.29, 0.717) is 11.0 Å². The van der Waals surface area contributed by atoms with Gasteiger partial charge in [-0.15, -0.1) is 0 Å². The van der Waals surface area contributed by atoms with Gasteiger partial charge in [-0.25, -0.2) is 4.98 Å². The Balaban J connectivity index is 3.19. The second-order valence-corrected chi connectivity index (χ2v) is 3.38. The SMILES string of the molecule is N#Cc1ncc(Br)cc1CBr. The highest BCUT2D eigenvalue weighted by atomic mass is 79.9. The molecule has 0 amide bonds. The smallest absolute Gasteiger partial charge is 0.144 e. The van der Waals surface area contributed by atoms with Crippen LogP contribution in [0.1, 0.15) is 11.3 Å². The van der Waals surface area contributed by atoms with E-state index in [-0.39, 0.29) is 0 Å². The zero-order chi connectivity index (χ0) is 8.27. The molecule has 0 fully saturated rings. The molecule has 0 atom stereocenters. The lowest BCUT2D eigenvalue weighted by Gasteiger charge is -1.97. The molecular formula is C7H4Br2N2. The van der Waals surface area contributed by atoms with E-state index in [9.17, 15) is 0 Å². The molecule has 1 rings (SSSR count). The van der Waals surface area contributed by atoms with Gasteiger partial charge in [0.15, 0.2) is 0 Å². The average Bonchev–Trinajstić information content (AvgIpc) is 2.04. The summed E-state index contributed by atoms with van der Waals surface area (Å²) < 4.78 is 0.894. The molecule has 1 aromatic rings. The molecule has 0 aromatic carbocycles. The van der Waals surface area contributed by atoms with Gasteiger partial charge in [0.1, 0.15) is 11.8 Å². The molecule has 4 heteroatoms. The van der Waals surface area contributed by atoms with Crippen LogP contribution in [0.5, 0.6) is 0 Å². The van der Waals surface area contributed by atoms with E-state index in [0.717, 1.165) is 10.0 Å². The second-order valence-electron chi connectivity index (χ2n) is 1.91. The van der Waals surface area contributed by atoms with E-state index in [4.69, 9.17) is 5.26 Å². The van der Waals surface area contributed by atoms with Gasteiger partial charge in [-0.1, -0.05) is 15.9 Å². The van der Waals surface area contributed by atoms with Gasteiger partial charge in [-0.3, -0.25) is 0 Å². The maximum atomic E-state index is 8.59. The Morgan fingerprint density at radius 2 is 2.36 bits per heavy atom. The molecule has 0 radical (unpaired) electrons. The van der Waals surface area contributed by atoms with Crippen molar-refractivity contribution in [3.63, 3.8) is 0 Å². The van der Waals surface area contributed by atoms with Crippen LogP contribution in [0.25, 0.3) is 0 Å². The number of hydrogen-bond acceptors (Lipinski definition) is 2. The number of hydrogen-bond donors (Lipinski definition) is 0. The topological polar surface area (TPSA) is 36.7 Å². The number of nitrogens with zero attached hydrogens (tertiary/aromatic N) is 2. The van der Waals surface area contributed by atoms with Crippen LogP contribution in [0.3, 0.4) is 0 Å². The highest BCUT2D eigenvalue weighted by Crippen LogP contribution is 2.15. The van der Waals surface area contributed by atoms with E-state index in [1.165, 1.54) is 0 Å². The number of alkyl halides is 1. The number of nitriles is 1. The summed E-state index contributed by atoms with van der Waals surface area (Å²) in [5.41, 5.74) is 1.38. The minimum absolute atomic E-state index is 0.477. The summed E-state index contributed by atoms with van der Waals surface area (Å²) in [5, 5.41) is 9.25. The Hall–Kier alpha value is -0.400. The zero-order valence-electron chi connectivity index (χ0n) is 5.51. The predicted octanol–water partition coefficient (Wildman–Crippen LogP) is 2.61. The van der Waals surface area contributed by atoms with Crippen LogP contribution in [0.4, 0.5) is 0 Å². The predicted molar refractivity (Wildman–Crippen MR) is 49.3 cm³/mol. The summed E-state index contributed by atoms with van der Waals surface area (Å²) in [6.07, 6.45) is 1.62. The third-order valence-electron chi connectivity index (χ3n) is 1.18. The number of aromatic nitrogens is 1. The third kappa shape index (κ3) is 2.01. The molecule has 0 aliphatic heterocycles. The summed E-state index contributed by atoms with van der Waals surface area (Å²) in [5.74, 6) is 0. The summed E-state index contributed by atoms with van der Waals surface area (Å²) in [6.45, 7) is 0. The zero-order valence-corrected chi connectivity index (χ0v) is 8.68. The van der Waals surface area contributed by atoms with Crippen molar-refractivity contribution in [2.24, 2.45) is 0 Å². The molecule has 1 aromatic heterocycles. The van der Waals surface area contributed by atoms with Crippen molar-refractivity contribution in [3.05, 3.63) is 28.0 Å². The van der Waals surface area contributed by atoms with Gasteiger partial charge in [-0.05, 0) is 22.0 Å². The van der Waals surface area contributed by atoms with Gasteiger partial charge in [0.2, 0.25) is 0 Å². The van der Waals surface area contributed by atoms with E-state index in [2.05, 4.69) is 36.8 Å². The first kappa shape index (κ1) is 8.69. The monoisotopic (exact) mass is 274 g/mol. The summed E-state index contributed by atoms with van der Waals surface area (Å²) in [4.78, 5) is 3.93. The summed E-state index contributed by atoms with van der Waals surface area (Å²) in [7, 11) is 0. The van der Waals surface area contributed by atoms with Crippen LogP contribution < -0.4 is 0 Å². The van der Waals surface area contributed by atoms with Gasteiger partial charge >= 0.3 is 0 Å². The molecule has 0 saturated carbocycles. The fraction of sp³-hybridized carbons (Fsp3) is 0.143. The van der Waals surface area contributed by atoms with Crippen molar-refractivity contribution in [3.8, 4) is 6.07 Å². The second kappa shape index (κ2) is 3.84. The lowest BCUT2D eigenvalue weighted by molar-refractivity contribution is 1.19. The standard InChI is InChI=1S/C7H4Br2N2/c8-2-5-1-6(9)4-11-7(5)3-10/h1,4H,2H2. The largest absolute Gasteiger partial charge is 0.244 e. The van der Waals surface area contributed by atoms with Crippen molar-refractivity contribution >= 4 is 31.9 Å². The van der Waals surface area contributed by atoms with Gasteiger partial charge in [0.25, 0.3) is 0 Å². The molecule has 1 heterocycles. The normalized spacial score (nSPS) is 9.18. The molecule has 0 N–H and O–H groups in total. The third-order valence-corrected chi connectivity index (χ3v) is 2.22. The Morgan fingerprint density at radius 3 is 2.91 bits per heavy atom. The number of halogens is 2. The highest BCUT2D eigenvalue weighted by Gasteiger charge is 2.01. The van der Waals surface area contributed by atoms with Crippen molar-refractivity contribution in [2.45, 2.75) is 5.33 Å². The van der Waals surface area contributed by atoms with Crippen LogP contribution in [0.15, 0.2) is 16.7 Å². The fourth-order valence-corrected chi connectivity index (χ4v) is 1.49.